The van der Waals surface area contributed by atoms with Crippen molar-refractivity contribution < 1.29 is 9.53 Å². The SMILES string of the molecule is CCCCc1cnc(C(=O)OC)cn1. The van der Waals surface area contributed by atoms with E-state index in [9.17, 15) is 4.79 Å². The molecule has 0 bridgehead atoms. The number of carbonyl (C=O) groups is 1. The maximum atomic E-state index is 11.0. The van der Waals surface area contributed by atoms with Crippen LogP contribution >= 0.6 is 0 Å². The molecule has 0 aliphatic rings. The number of rotatable bonds is 4. The first-order valence-electron chi connectivity index (χ1n) is 4.67. The Bertz CT molecular complexity index is 295. The maximum absolute atomic E-state index is 11.0. The van der Waals surface area contributed by atoms with Gasteiger partial charge in [0.2, 0.25) is 0 Å². The summed E-state index contributed by atoms with van der Waals surface area (Å²) >= 11 is 0. The predicted octanol–water partition coefficient (Wildman–Crippen LogP) is 1.61. The van der Waals surface area contributed by atoms with E-state index in [1.54, 1.807) is 6.20 Å². The van der Waals surface area contributed by atoms with Crippen molar-refractivity contribution in [3.8, 4) is 0 Å². The number of carbonyl (C=O) groups excluding carboxylic acids is 1. The molecule has 4 nitrogen and oxygen atoms in total. The summed E-state index contributed by atoms with van der Waals surface area (Å²) in [5.74, 6) is -0.445. The quantitative estimate of drug-likeness (QED) is 0.683. The first-order valence-corrected chi connectivity index (χ1v) is 4.67. The molecule has 0 saturated heterocycles. The zero-order valence-corrected chi connectivity index (χ0v) is 8.49. The molecule has 0 saturated carbocycles. The Morgan fingerprint density at radius 2 is 2.21 bits per heavy atom. The fraction of sp³-hybridized carbons (Fsp3) is 0.500. The zero-order valence-electron chi connectivity index (χ0n) is 8.49. The van der Waals surface area contributed by atoms with Crippen LogP contribution in [0.3, 0.4) is 0 Å². The maximum Gasteiger partial charge on any atom is 0.358 e. The van der Waals surface area contributed by atoms with E-state index >= 15 is 0 Å². The van der Waals surface area contributed by atoms with E-state index in [0.717, 1.165) is 25.0 Å². The lowest BCUT2D eigenvalue weighted by Gasteiger charge is -2.00. The van der Waals surface area contributed by atoms with Crippen LogP contribution in [0.5, 0.6) is 0 Å². The topological polar surface area (TPSA) is 52.1 Å². The molecule has 1 aromatic rings. The summed E-state index contributed by atoms with van der Waals surface area (Å²) in [5.41, 5.74) is 1.17. The molecule has 0 radical (unpaired) electrons. The van der Waals surface area contributed by atoms with Crippen molar-refractivity contribution >= 4 is 5.97 Å². The molecule has 1 rings (SSSR count). The molecule has 1 heterocycles. The van der Waals surface area contributed by atoms with Crippen LogP contribution in [0.4, 0.5) is 0 Å². The Morgan fingerprint density at radius 3 is 2.71 bits per heavy atom. The third-order valence-corrected chi connectivity index (χ3v) is 1.89. The second-order valence-electron chi connectivity index (χ2n) is 2.99. The Hall–Kier alpha value is -1.45. The molecule has 1 aromatic heterocycles. The number of aromatic nitrogens is 2. The average Bonchev–Trinajstić information content (AvgIpc) is 2.26. The third kappa shape index (κ3) is 2.80. The summed E-state index contributed by atoms with van der Waals surface area (Å²) in [6, 6.07) is 0. The van der Waals surface area contributed by atoms with Gasteiger partial charge in [-0.25, -0.2) is 9.78 Å². The monoisotopic (exact) mass is 194 g/mol. The highest BCUT2D eigenvalue weighted by atomic mass is 16.5. The first kappa shape index (κ1) is 10.6. The first-order chi connectivity index (χ1) is 6.77. The second-order valence-corrected chi connectivity index (χ2v) is 2.99. The van der Waals surface area contributed by atoms with Crippen molar-refractivity contribution in [3.63, 3.8) is 0 Å². The predicted molar refractivity (Wildman–Crippen MR) is 52.0 cm³/mol. The summed E-state index contributed by atoms with van der Waals surface area (Å²) in [6.07, 6.45) is 6.20. The smallest absolute Gasteiger partial charge is 0.358 e. The van der Waals surface area contributed by atoms with E-state index in [1.165, 1.54) is 13.3 Å². The van der Waals surface area contributed by atoms with Crippen LogP contribution in [0.25, 0.3) is 0 Å². The van der Waals surface area contributed by atoms with E-state index in [0.29, 0.717) is 0 Å². The van der Waals surface area contributed by atoms with Crippen LogP contribution in [0.2, 0.25) is 0 Å². The highest BCUT2D eigenvalue weighted by molar-refractivity contribution is 5.86. The molecular weight excluding hydrogens is 180 g/mol. The van der Waals surface area contributed by atoms with Crippen molar-refractivity contribution in [1.82, 2.24) is 9.97 Å². The Labute approximate surface area is 83.3 Å². The van der Waals surface area contributed by atoms with Gasteiger partial charge in [-0.1, -0.05) is 13.3 Å². The van der Waals surface area contributed by atoms with E-state index < -0.39 is 5.97 Å². The highest BCUT2D eigenvalue weighted by Crippen LogP contribution is 2.01. The van der Waals surface area contributed by atoms with Crippen molar-refractivity contribution in [2.45, 2.75) is 26.2 Å². The molecule has 4 heteroatoms. The summed E-state index contributed by atoms with van der Waals surface area (Å²) in [7, 11) is 1.33. The van der Waals surface area contributed by atoms with Gasteiger partial charge in [-0.3, -0.25) is 4.98 Å². The number of nitrogens with zero attached hydrogens (tertiary/aromatic N) is 2. The van der Waals surface area contributed by atoms with Gasteiger partial charge in [0.1, 0.15) is 0 Å². The Balaban J connectivity index is 2.63. The molecule has 0 fully saturated rings. The number of hydrogen-bond donors (Lipinski definition) is 0. The van der Waals surface area contributed by atoms with Crippen LogP contribution in [-0.4, -0.2) is 23.0 Å². The summed E-state index contributed by atoms with van der Waals surface area (Å²) in [4.78, 5) is 19.1. The number of unbranched alkanes of at least 4 members (excludes halogenated alkanes) is 1. The zero-order chi connectivity index (χ0) is 10.4. The van der Waals surface area contributed by atoms with Crippen LogP contribution in [-0.2, 0) is 11.2 Å². The fourth-order valence-electron chi connectivity index (χ4n) is 1.05. The van der Waals surface area contributed by atoms with Crippen molar-refractivity contribution in [2.75, 3.05) is 7.11 Å². The fourth-order valence-corrected chi connectivity index (χ4v) is 1.05. The van der Waals surface area contributed by atoms with Crippen molar-refractivity contribution in [2.24, 2.45) is 0 Å². The number of esters is 1. The van der Waals surface area contributed by atoms with Crippen LogP contribution < -0.4 is 0 Å². The van der Waals surface area contributed by atoms with E-state index in [2.05, 4.69) is 21.6 Å². The van der Waals surface area contributed by atoms with Gasteiger partial charge >= 0.3 is 5.97 Å². The molecule has 0 atom stereocenters. The number of hydrogen-bond acceptors (Lipinski definition) is 4. The van der Waals surface area contributed by atoms with Gasteiger partial charge < -0.3 is 4.74 Å². The van der Waals surface area contributed by atoms with E-state index in [-0.39, 0.29) is 5.69 Å². The molecule has 0 aliphatic heterocycles. The molecular formula is C10H14N2O2. The van der Waals surface area contributed by atoms with Crippen LogP contribution in [0.1, 0.15) is 35.9 Å². The Morgan fingerprint density at radius 1 is 1.43 bits per heavy atom. The minimum atomic E-state index is -0.445. The molecule has 0 N–H and O–H groups in total. The standard InChI is InChI=1S/C10H14N2O2/c1-3-4-5-8-6-12-9(7-11-8)10(13)14-2/h6-7H,3-5H2,1-2H3. The lowest BCUT2D eigenvalue weighted by atomic mass is 10.2. The molecule has 0 aliphatic carbocycles. The minimum Gasteiger partial charge on any atom is -0.464 e. The van der Waals surface area contributed by atoms with E-state index in [4.69, 9.17) is 0 Å². The minimum absolute atomic E-state index is 0.257. The highest BCUT2D eigenvalue weighted by Gasteiger charge is 2.06. The lowest BCUT2D eigenvalue weighted by Crippen LogP contribution is -2.05. The largest absolute Gasteiger partial charge is 0.464 e. The van der Waals surface area contributed by atoms with Crippen molar-refractivity contribution in [1.29, 1.82) is 0 Å². The molecule has 0 unspecified atom stereocenters. The number of ether oxygens (including phenoxy) is 1. The molecule has 0 aromatic carbocycles. The van der Waals surface area contributed by atoms with Gasteiger partial charge in [0.05, 0.1) is 19.0 Å². The van der Waals surface area contributed by atoms with Gasteiger partial charge in [-0.05, 0) is 12.8 Å². The summed E-state index contributed by atoms with van der Waals surface area (Å²) in [6.45, 7) is 2.12. The van der Waals surface area contributed by atoms with Gasteiger partial charge in [-0.15, -0.1) is 0 Å². The second kappa shape index (κ2) is 5.32. The van der Waals surface area contributed by atoms with Gasteiger partial charge in [0, 0.05) is 6.20 Å². The van der Waals surface area contributed by atoms with Gasteiger partial charge in [0.15, 0.2) is 5.69 Å². The summed E-state index contributed by atoms with van der Waals surface area (Å²) in [5, 5.41) is 0. The number of methoxy groups -OCH3 is 1. The third-order valence-electron chi connectivity index (χ3n) is 1.89. The Kier molecular flexibility index (Phi) is 4.04. The normalized spacial score (nSPS) is 9.86. The van der Waals surface area contributed by atoms with Crippen molar-refractivity contribution in [3.05, 3.63) is 23.8 Å². The van der Waals surface area contributed by atoms with E-state index in [1.807, 2.05) is 0 Å². The number of aryl methyl sites for hydroxylation is 1. The van der Waals surface area contributed by atoms with Gasteiger partial charge in [0.25, 0.3) is 0 Å². The molecule has 0 amide bonds. The lowest BCUT2D eigenvalue weighted by molar-refractivity contribution is 0.0593. The van der Waals surface area contributed by atoms with Crippen LogP contribution in [0.15, 0.2) is 12.4 Å². The van der Waals surface area contributed by atoms with Crippen LogP contribution in [0, 0.1) is 0 Å². The molecule has 14 heavy (non-hydrogen) atoms. The molecule has 76 valence electrons. The molecule has 0 spiro atoms. The average molecular weight is 194 g/mol. The van der Waals surface area contributed by atoms with Gasteiger partial charge in [-0.2, -0.15) is 0 Å². The summed E-state index contributed by atoms with van der Waals surface area (Å²) < 4.78 is 4.52.